The minimum Gasteiger partial charge on any atom is -0.340 e. The number of aliphatic imine (C=N–C) groups is 1. The molecule has 0 amide bonds. The summed E-state index contributed by atoms with van der Waals surface area (Å²) in [7, 11) is 3.71. The first-order valence-corrected chi connectivity index (χ1v) is 12.5. The van der Waals surface area contributed by atoms with Crippen LogP contribution in [0.15, 0.2) is 69.1 Å². The lowest BCUT2D eigenvalue weighted by molar-refractivity contribution is 0.900. The molecule has 0 radical (unpaired) electrons. The molecule has 0 saturated heterocycles. The Morgan fingerprint density at radius 2 is 1.29 bits per heavy atom. The average Bonchev–Trinajstić information content (AvgIpc) is 3.73. The van der Waals surface area contributed by atoms with Gasteiger partial charge in [-0.3, -0.25) is 19.4 Å². The summed E-state index contributed by atoms with van der Waals surface area (Å²) in [6, 6.07) is 0. The van der Waals surface area contributed by atoms with Crippen LogP contribution in [0.4, 0.5) is 0 Å². The number of nitrogens with zero attached hydrogens (tertiary/aromatic N) is 8. The van der Waals surface area contributed by atoms with Crippen molar-refractivity contribution < 1.29 is 0 Å². The Bertz CT molecular complexity index is 1900. The first-order valence-electron chi connectivity index (χ1n) is 12.5. The molecule has 5 aromatic heterocycles. The number of imidazole rings is 2. The number of nitrogens with one attached hydrogen (secondary N) is 3. The first-order chi connectivity index (χ1) is 19.6. The molecule has 0 aliphatic carbocycles. The van der Waals surface area contributed by atoms with Crippen LogP contribution in [0.1, 0.15) is 28.9 Å². The fourth-order valence-corrected chi connectivity index (χ4v) is 3.42. The molecular weight excluding hydrogens is 526 g/mol. The van der Waals surface area contributed by atoms with Gasteiger partial charge in [-0.05, 0) is 20.8 Å². The molecule has 0 saturated carbocycles. The van der Waals surface area contributed by atoms with Gasteiger partial charge in [0, 0.05) is 92.4 Å². The number of hydrogen-bond donors (Lipinski definition) is 3. The van der Waals surface area contributed by atoms with Crippen LogP contribution in [0, 0.1) is 20.8 Å². The number of allylic oxidation sites excluding steroid dienone is 1. The zero-order valence-corrected chi connectivity index (χ0v) is 23.2. The zero-order chi connectivity index (χ0) is 29.5. The van der Waals surface area contributed by atoms with E-state index in [2.05, 4.69) is 44.9 Å². The molecular formula is C27H29N11O3. The van der Waals surface area contributed by atoms with Crippen molar-refractivity contribution in [2.24, 2.45) is 19.1 Å². The molecule has 0 fully saturated rings. The van der Waals surface area contributed by atoms with E-state index in [1.807, 2.05) is 14.1 Å². The van der Waals surface area contributed by atoms with Crippen LogP contribution in [0.2, 0.25) is 0 Å². The molecule has 0 unspecified atom stereocenters. The Morgan fingerprint density at radius 3 is 1.78 bits per heavy atom. The van der Waals surface area contributed by atoms with Crippen LogP contribution in [0.25, 0.3) is 28.7 Å². The van der Waals surface area contributed by atoms with E-state index in [-0.39, 0.29) is 16.7 Å². The van der Waals surface area contributed by atoms with Gasteiger partial charge in [-0.25, -0.2) is 24.9 Å². The molecule has 210 valence electrons. The largest absolute Gasteiger partial charge is 0.340 e. The van der Waals surface area contributed by atoms with Crippen molar-refractivity contribution in [3.05, 3.63) is 103 Å². The summed E-state index contributed by atoms with van der Waals surface area (Å²) in [6.45, 7) is 5.16. The van der Waals surface area contributed by atoms with Gasteiger partial charge in [-0.15, -0.1) is 0 Å². The number of H-pyrrole nitrogens is 3. The Labute approximate surface area is 233 Å². The summed E-state index contributed by atoms with van der Waals surface area (Å²) in [4.78, 5) is 66.3. The van der Waals surface area contributed by atoms with Gasteiger partial charge in [0.05, 0.1) is 6.33 Å². The van der Waals surface area contributed by atoms with Gasteiger partial charge in [0.1, 0.15) is 11.5 Å². The standard InChI is InChI=1S/2C9H10N4O.C9H9N3O/c1-6-3-10-8(12-9(6)14)7-4-13(2)5-11-7;1-6-5-11-7(12-9(6)14)8-10-3-4-13(8)2;1-6-4-11-8(12-9(6)13)7-2-3-10-5-7/h3-5H,1-2H3,(H,10,12,14);3-5H,1-2H3,(H,11,12,14);3-5H,2H2,1H3,(H,11,12,13). The molecule has 41 heavy (non-hydrogen) atoms. The normalized spacial score (nSPS) is 11.8. The maximum atomic E-state index is 11.3. The lowest BCUT2D eigenvalue weighted by Gasteiger charge is -2.00. The summed E-state index contributed by atoms with van der Waals surface area (Å²) in [5.41, 5.74) is 3.12. The lowest BCUT2D eigenvalue weighted by atomic mass is 10.2. The second kappa shape index (κ2) is 12.5. The van der Waals surface area contributed by atoms with Crippen LogP contribution >= 0.6 is 0 Å². The number of aromatic nitrogens is 10. The number of rotatable bonds is 3. The van der Waals surface area contributed by atoms with Gasteiger partial charge >= 0.3 is 0 Å². The lowest BCUT2D eigenvalue weighted by Crippen LogP contribution is -2.12. The second-order valence-electron chi connectivity index (χ2n) is 9.21. The quantitative estimate of drug-likeness (QED) is 0.301. The predicted molar refractivity (Wildman–Crippen MR) is 154 cm³/mol. The number of aryl methyl sites for hydroxylation is 5. The smallest absolute Gasteiger partial charge is 0.254 e. The van der Waals surface area contributed by atoms with Crippen molar-refractivity contribution in [2.45, 2.75) is 27.2 Å². The van der Waals surface area contributed by atoms with Crippen LogP contribution in [0.3, 0.4) is 0 Å². The predicted octanol–water partition coefficient (Wildman–Crippen LogP) is 1.85. The second-order valence-corrected chi connectivity index (χ2v) is 9.21. The van der Waals surface area contributed by atoms with Crippen LogP contribution in [-0.4, -0.2) is 55.2 Å². The maximum absolute atomic E-state index is 11.3. The molecule has 0 atom stereocenters. The van der Waals surface area contributed by atoms with Gasteiger partial charge in [-0.2, -0.15) is 0 Å². The van der Waals surface area contributed by atoms with Crippen molar-refractivity contribution in [1.82, 2.24) is 49.0 Å². The minimum absolute atomic E-state index is 0.0854. The highest BCUT2D eigenvalue weighted by molar-refractivity contribution is 5.82. The highest BCUT2D eigenvalue weighted by Gasteiger charge is 2.08. The molecule has 6 heterocycles. The van der Waals surface area contributed by atoms with E-state index < -0.39 is 0 Å². The van der Waals surface area contributed by atoms with Gasteiger partial charge in [0.2, 0.25) is 0 Å². The summed E-state index contributed by atoms with van der Waals surface area (Å²) < 4.78 is 3.60. The zero-order valence-electron chi connectivity index (χ0n) is 23.2. The summed E-state index contributed by atoms with van der Waals surface area (Å²) in [5.74, 6) is 2.27. The van der Waals surface area contributed by atoms with Crippen molar-refractivity contribution in [3.8, 4) is 23.2 Å². The van der Waals surface area contributed by atoms with Gasteiger partial charge in [0.25, 0.3) is 16.7 Å². The Kier molecular flexibility index (Phi) is 8.72. The molecule has 5 aromatic rings. The van der Waals surface area contributed by atoms with Crippen LogP contribution in [-0.2, 0) is 14.1 Å². The number of aromatic amines is 3. The van der Waals surface area contributed by atoms with Gasteiger partial charge in [0.15, 0.2) is 17.5 Å². The molecule has 14 heteroatoms. The van der Waals surface area contributed by atoms with E-state index in [9.17, 15) is 14.4 Å². The minimum atomic E-state index is -0.127. The van der Waals surface area contributed by atoms with E-state index in [0.717, 1.165) is 12.0 Å². The van der Waals surface area contributed by atoms with Crippen molar-refractivity contribution >= 4 is 11.8 Å². The molecule has 14 nitrogen and oxygen atoms in total. The summed E-state index contributed by atoms with van der Waals surface area (Å²) in [6.07, 6.45) is 15.8. The Morgan fingerprint density at radius 1 is 0.732 bits per heavy atom. The van der Waals surface area contributed by atoms with Gasteiger partial charge in [-0.1, -0.05) is 0 Å². The summed E-state index contributed by atoms with van der Waals surface area (Å²) in [5, 5.41) is 0. The molecule has 0 spiro atoms. The molecule has 1 aliphatic heterocycles. The Hall–Kier alpha value is -5.53. The Balaban J connectivity index is 0.000000142. The molecule has 3 N–H and O–H groups in total. The van der Waals surface area contributed by atoms with Crippen molar-refractivity contribution in [1.29, 1.82) is 0 Å². The SMILES string of the molecule is Cc1cnc(-c2cn(C)cn2)[nH]c1=O.Cc1cnc(-c2nccn2C)[nH]c1=O.Cc1cnc(C2=CN=CC2)[nH]c1=O. The number of hydrogen-bond acceptors (Lipinski definition) is 9. The van der Waals surface area contributed by atoms with E-state index >= 15 is 0 Å². The van der Waals surface area contributed by atoms with Crippen molar-refractivity contribution in [2.75, 3.05) is 0 Å². The highest BCUT2D eigenvalue weighted by atomic mass is 16.1. The summed E-state index contributed by atoms with van der Waals surface area (Å²) >= 11 is 0. The molecule has 1 aliphatic rings. The van der Waals surface area contributed by atoms with Crippen LogP contribution < -0.4 is 16.7 Å². The topological polar surface area (TPSA) is 185 Å². The van der Waals surface area contributed by atoms with E-state index in [0.29, 0.717) is 45.7 Å². The highest BCUT2D eigenvalue weighted by Crippen LogP contribution is 2.15. The third-order valence-corrected chi connectivity index (χ3v) is 5.86. The third kappa shape index (κ3) is 7.11. The van der Waals surface area contributed by atoms with Crippen LogP contribution in [0.5, 0.6) is 0 Å². The van der Waals surface area contributed by atoms with E-state index in [1.165, 1.54) is 0 Å². The average molecular weight is 556 g/mol. The molecule has 6 rings (SSSR count). The molecule has 0 bridgehead atoms. The first kappa shape index (κ1) is 28.5. The third-order valence-electron chi connectivity index (χ3n) is 5.86. The van der Waals surface area contributed by atoms with E-state index in [4.69, 9.17) is 0 Å². The van der Waals surface area contributed by atoms with E-state index in [1.54, 1.807) is 85.8 Å². The maximum Gasteiger partial charge on any atom is 0.254 e. The molecule has 0 aromatic carbocycles. The van der Waals surface area contributed by atoms with Gasteiger partial charge < -0.3 is 24.1 Å². The fourth-order valence-electron chi connectivity index (χ4n) is 3.42. The fraction of sp³-hybridized carbons (Fsp3) is 0.222. The monoisotopic (exact) mass is 555 g/mol. The van der Waals surface area contributed by atoms with Crippen molar-refractivity contribution in [3.63, 3.8) is 0 Å².